The quantitative estimate of drug-likeness (QED) is 0.904. The van der Waals surface area contributed by atoms with E-state index >= 15 is 0 Å². The monoisotopic (exact) mass is 261 g/mol. The molecule has 0 bridgehead atoms. The molecule has 1 atom stereocenters. The Kier molecular flexibility index (Phi) is 2.94. The third-order valence-corrected chi connectivity index (χ3v) is 3.45. The molecule has 1 aromatic carbocycles. The van der Waals surface area contributed by atoms with Gasteiger partial charge < -0.3 is 9.84 Å². The molecule has 3 nitrogen and oxygen atoms in total. The van der Waals surface area contributed by atoms with Crippen LogP contribution in [0, 0.1) is 0 Å². The Bertz CT molecular complexity index is 586. The van der Waals surface area contributed by atoms with E-state index in [1.54, 1.807) is 12.3 Å². The van der Waals surface area contributed by atoms with Crippen molar-refractivity contribution >= 4 is 11.6 Å². The Hall–Kier alpha value is -1.58. The normalized spacial score (nSPS) is 15.0. The molecule has 0 radical (unpaired) electrons. The number of hydrogen-bond acceptors (Lipinski definition) is 3. The lowest BCUT2D eigenvalue weighted by molar-refractivity contribution is 0.213. The van der Waals surface area contributed by atoms with Gasteiger partial charge in [-0.05, 0) is 11.6 Å². The molecule has 2 aromatic rings. The third-order valence-electron chi connectivity index (χ3n) is 3.14. The molecule has 1 N–H and O–H groups in total. The van der Waals surface area contributed by atoms with E-state index in [9.17, 15) is 5.11 Å². The number of aliphatic hydroxyl groups excluding tert-OH is 1. The highest BCUT2D eigenvalue weighted by Gasteiger charge is 2.22. The van der Waals surface area contributed by atoms with Gasteiger partial charge in [0.05, 0.1) is 11.6 Å². The molecule has 1 unspecified atom stereocenters. The van der Waals surface area contributed by atoms with Crippen molar-refractivity contribution in [3.05, 3.63) is 58.4 Å². The van der Waals surface area contributed by atoms with Crippen molar-refractivity contribution in [2.75, 3.05) is 6.61 Å². The molecule has 18 heavy (non-hydrogen) atoms. The summed E-state index contributed by atoms with van der Waals surface area (Å²) >= 11 is 6.06. The number of ether oxygens (including phenoxy) is 1. The first kappa shape index (κ1) is 11.5. The number of aromatic nitrogens is 1. The van der Waals surface area contributed by atoms with E-state index < -0.39 is 6.10 Å². The minimum atomic E-state index is -0.784. The van der Waals surface area contributed by atoms with E-state index in [2.05, 4.69) is 4.98 Å². The SMILES string of the molecule is OC(c1ccncc1Cl)c1cccc2c1OCC2. The van der Waals surface area contributed by atoms with Gasteiger partial charge in [0.25, 0.3) is 0 Å². The fraction of sp³-hybridized carbons (Fsp3) is 0.214. The molecule has 3 rings (SSSR count). The minimum Gasteiger partial charge on any atom is -0.493 e. The molecule has 1 aromatic heterocycles. The van der Waals surface area contributed by atoms with Crippen LogP contribution in [0.15, 0.2) is 36.7 Å². The summed E-state index contributed by atoms with van der Waals surface area (Å²) in [6.45, 7) is 0.670. The van der Waals surface area contributed by atoms with Gasteiger partial charge in [0.1, 0.15) is 11.9 Å². The van der Waals surface area contributed by atoms with Crippen LogP contribution >= 0.6 is 11.6 Å². The van der Waals surface area contributed by atoms with Gasteiger partial charge in [0, 0.05) is 29.9 Å². The van der Waals surface area contributed by atoms with Crippen molar-refractivity contribution in [2.45, 2.75) is 12.5 Å². The highest BCUT2D eigenvalue weighted by molar-refractivity contribution is 6.31. The minimum absolute atomic E-state index is 0.459. The Labute approximate surface area is 110 Å². The van der Waals surface area contributed by atoms with Crippen molar-refractivity contribution in [3.63, 3.8) is 0 Å². The summed E-state index contributed by atoms with van der Waals surface area (Å²) in [5.41, 5.74) is 2.55. The van der Waals surface area contributed by atoms with Gasteiger partial charge in [0.2, 0.25) is 0 Å². The van der Waals surface area contributed by atoms with E-state index in [1.165, 1.54) is 6.20 Å². The number of benzene rings is 1. The fourth-order valence-electron chi connectivity index (χ4n) is 2.23. The number of para-hydroxylation sites is 1. The molecule has 92 valence electrons. The molecule has 0 fully saturated rings. The van der Waals surface area contributed by atoms with Crippen molar-refractivity contribution in [2.24, 2.45) is 0 Å². The number of halogens is 1. The van der Waals surface area contributed by atoms with Crippen LogP contribution in [0.5, 0.6) is 5.75 Å². The van der Waals surface area contributed by atoms with Crippen molar-refractivity contribution < 1.29 is 9.84 Å². The van der Waals surface area contributed by atoms with E-state index in [0.29, 0.717) is 17.2 Å². The van der Waals surface area contributed by atoms with Crippen LogP contribution in [0.4, 0.5) is 0 Å². The molecule has 0 spiro atoms. The summed E-state index contributed by atoms with van der Waals surface area (Å²) in [5.74, 6) is 0.790. The third kappa shape index (κ3) is 1.85. The van der Waals surface area contributed by atoms with Gasteiger partial charge in [-0.1, -0.05) is 29.8 Å². The fourth-order valence-corrected chi connectivity index (χ4v) is 2.45. The first-order valence-corrected chi connectivity index (χ1v) is 6.17. The van der Waals surface area contributed by atoms with Crippen LogP contribution in [0.2, 0.25) is 5.02 Å². The molecule has 0 aliphatic carbocycles. The lowest BCUT2D eigenvalue weighted by atomic mass is 9.99. The highest BCUT2D eigenvalue weighted by Crippen LogP contribution is 2.37. The maximum Gasteiger partial charge on any atom is 0.128 e. The highest BCUT2D eigenvalue weighted by atomic mass is 35.5. The van der Waals surface area contributed by atoms with Crippen molar-refractivity contribution in [1.82, 2.24) is 4.98 Å². The Morgan fingerprint density at radius 3 is 3.00 bits per heavy atom. The topological polar surface area (TPSA) is 42.4 Å². The van der Waals surface area contributed by atoms with Crippen molar-refractivity contribution in [1.29, 1.82) is 0 Å². The molecule has 2 heterocycles. The maximum atomic E-state index is 10.4. The summed E-state index contributed by atoms with van der Waals surface area (Å²) in [6, 6.07) is 7.54. The van der Waals surface area contributed by atoms with E-state index in [0.717, 1.165) is 23.3 Å². The van der Waals surface area contributed by atoms with Crippen LogP contribution in [0.3, 0.4) is 0 Å². The predicted molar refractivity (Wildman–Crippen MR) is 68.9 cm³/mol. The zero-order valence-corrected chi connectivity index (χ0v) is 10.4. The summed E-state index contributed by atoms with van der Waals surface area (Å²) in [5, 5.41) is 10.9. The second-order valence-electron chi connectivity index (χ2n) is 4.23. The summed E-state index contributed by atoms with van der Waals surface area (Å²) in [4.78, 5) is 3.92. The molecule has 1 aliphatic heterocycles. The van der Waals surface area contributed by atoms with Crippen LogP contribution in [0.25, 0.3) is 0 Å². The van der Waals surface area contributed by atoms with Gasteiger partial charge in [-0.3, -0.25) is 4.98 Å². The Balaban J connectivity index is 2.06. The van der Waals surface area contributed by atoms with Crippen molar-refractivity contribution in [3.8, 4) is 5.75 Å². The number of hydrogen-bond donors (Lipinski definition) is 1. The number of nitrogens with zero attached hydrogens (tertiary/aromatic N) is 1. The second-order valence-corrected chi connectivity index (χ2v) is 4.64. The molecule has 1 aliphatic rings. The summed E-state index contributed by atoms with van der Waals surface area (Å²) < 4.78 is 5.59. The molecular formula is C14H12ClNO2. The first-order chi connectivity index (χ1) is 8.77. The average molecular weight is 262 g/mol. The maximum absolute atomic E-state index is 10.4. The molecule has 0 saturated heterocycles. The van der Waals surface area contributed by atoms with Crippen LogP contribution in [-0.2, 0) is 6.42 Å². The van der Waals surface area contributed by atoms with E-state index in [-0.39, 0.29) is 0 Å². The Morgan fingerprint density at radius 1 is 1.28 bits per heavy atom. The van der Waals surface area contributed by atoms with Gasteiger partial charge in [-0.2, -0.15) is 0 Å². The van der Waals surface area contributed by atoms with Gasteiger partial charge in [0.15, 0.2) is 0 Å². The zero-order chi connectivity index (χ0) is 12.5. The van der Waals surface area contributed by atoms with Gasteiger partial charge in [-0.15, -0.1) is 0 Å². The predicted octanol–water partition coefficient (Wildman–Crippen LogP) is 2.75. The summed E-state index contributed by atoms with van der Waals surface area (Å²) in [7, 11) is 0. The molecular weight excluding hydrogens is 250 g/mol. The van der Waals surface area contributed by atoms with E-state index in [1.807, 2.05) is 18.2 Å². The van der Waals surface area contributed by atoms with Crippen LogP contribution in [-0.4, -0.2) is 16.7 Å². The van der Waals surface area contributed by atoms with Crippen LogP contribution < -0.4 is 4.74 Å². The molecule has 0 amide bonds. The van der Waals surface area contributed by atoms with E-state index in [4.69, 9.17) is 16.3 Å². The number of pyridine rings is 1. The number of aliphatic hydroxyl groups is 1. The second kappa shape index (κ2) is 4.59. The average Bonchev–Trinajstić information content (AvgIpc) is 2.86. The van der Waals surface area contributed by atoms with Crippen LogP contribution in [0.1, 0.15) is 22.8 Å². The number of rotatable bonds is 2. The van der Waals surface area contributed by atoms with Gasteiger partial charge in [-0.25, -0.2) is 0 Å². The molecule has 4 heteroatoms. The van der Waals surface area contributed by atoms with Gasteiger partial charge >= 0.3 is 0 Å². The molecule has 0 saturated carbocycles. The zero-order valence-electron chi connectivity index (χ0n) is 9.64. The largest absolute Gasteiger partial charge is 0.493 e. The lowest BCUT2D eigenvalue weighted by Crippen LogP contribution is -2.03. The number of fused-ring (bicyclic) bond motifs is 1. The smallest absolute Gasteiger partial charge is 0.128 e. The standard InChI is InChI=1S/C14H12ClNO2/c15-12-8-16-6-4-10(12)13(17)11-3-1-2-9-5-7-18-14(9)11/h1-4,6,8,13,17H,5,7H2. The Morgan fingerprint density at radius 2 is 2.17 bits per heavy atom. The summed E-state index contributed by atoms with van der Waals surface area (Å²) in [6.07, 6.45) is 3.26. The lowest BCUT2D eigenvalue weighted by Gasteiger charge is -2.15. The first-order valence-electron chi connectivity index (χ1n) is 5.79.